The number of fused-ring (bicyclic) bond motifs is 1. The van der Waals surface area contributed by atoms with Crippen LogP contribution >= 0.6 is 11.3 Å². The maximum absolute atomic E-state index is 12.8. The van der Waals surface area contributed by atoms with Crippen LogP contribution in [0.1, 0.15) is 32.4 Å². The fraction of sp³-hybridized carbons (Fsp3) is 0.542. The molecule has 1 aliphatic carbocycles. The third-order valence-corrected chi connectivity index (χ3v) is 7.35. The first-order chi connectivity index (χ1) is 16.9. The van der Waals surface area contributed by atoms with E-state index < -0.39 is 43.0 Å². The number of para-hydroxylation sites is 1. The van der Waals surface area contributed by atoms with Crippen molar-refractivity contribution in [3.8, 4) is 10.6 Å². The summed E-state index contributed by atoms with van der Waals surface area (Å²) in [7, 11) is 0. The zero-order chi connectivity index (χ0) is 26.2. The summed E-state index contributed by atoms with van der Waals surface area (Å²) in [6.45, 7) is 4.27. The van der Waals surface area contributed by atoms with Crippen LogP contribution in [-0.4, -0.2) is 67.3 Å². The van der Waals surface area contributed by atoms with Crippen LogP contribution in [-0.2, 0) is 0 Å². The van der Waals surface area contributed by atoms with Gasteiger partial charge >= 0.3 is 6.18 Å². The number of aryl methyl sites for hydroxylation is 1. The van der Waals surface area contributed by atoms with Crippen molar-refractivity contribution in [2.45, 2.75) is 64.1 Å². The molecule has 1 saturated carbocycles. The number of alkyl halides is 3. The van der Waals surface area contributed by atoms with E-state index in [0.717, 1.165) is 10.2 Å². The Labute approximate surface area is 210 Å². The minimum absolute atomic E-state index is 0.196. The molecule has 1 aromatic carbocycles. The van der Waals surface area contributed by atoms with Gasteiger partial charge in [0.2, 0.25) is 5.95 Å². The molecule has 8 nitrogen and oxygen atoms in total. The van der Waals surface area contributed by atoms with E-state index in [1.165, 1.54) is 11.3 Å². The molecule has 5 atom stereocenters. The lowest BCUT2D eigenvalue weighted by Gasteiger charge is -2.23. The number of rotatable bonds is 8. The van der Waals surface area contributed by atoms with Crippen molar-refractivity contribution in [1.29, 1.82) is 0 Å². The van der Waals surface area contributed by atoms with E-state index in [2.05, 4.69) is 25.6 Å². The normalized spacial score (nSPS) is 23.4. The van der Waals surface area contributed by atoms with E-state index in [1.54, 1.807) is 6.92 Å². The molecule has 2 aromatic heterocycles. The van der Waals surface area contributed by atoms with Crippen LogP contribution in [0.2, 0.25) is 0 Å². The third-order valence-electron chi connectivity index (χ3n) is 6.30. The largest absolute Gasteiger partial charge is 0.405 e. The van der Waals surface area contributed by atoms with E-state index in [9.17, 15) is 28.5 Å². The fourth-order valence-electron chi connectivity index (χ4n) is 4.60. The molecule has 0 bridgehead atoms. The number of thiazole rings is 1. The second-order valence-electron chi connectivity index (χ2n) is 9.64. The molecule has 0 aliphatic heterocycles. The van der Waals surface area contributed by atoms with Crippen molar-refractivity contribution < 1.29 is 28.5 Å². The Morgan fingerprint density at radius 2 is 1.83 bits per heavy atom. The quantitative estimate of drug-likeness (QED) is 0.300. The number of aliphatic hydroxyl groups excluding tert-OH is 3. The maximum atomic E-state index is 12.8. The molecule has 4 rings (SSSR count). The summed E-state index contributed by atoms with van der Waals surface area (Å²) < 4.78 is 39.3. The molecule has 1 aliphatic rings. The van der Waals surface area contributed by atoms with Gasteiger partial charge in [-0.1, -0.05) is 26.0 Å². The Bertz CT molecular complexity index is 1170. The lowest BCUT2D eigenvalue weighted by Crippen LogP contribution is -2.37. The molecule has 3 aromatic rings. The van der Waals surface area contributed by atoms with Crippen LogP contribution in [0.4, 0.5) is 24.9 Å². The molecular weight excluding hydrogens is 495 g/mol. The average Bonchev–Trinajstić information content (AvgIpc) is 3.33. The number of halogens is 3. The van der Waals surface area contributed by atoms with Crippen molar-refractivity contribution in [3.05, 3.63) is 30.0 Å². The van der Waals surface area contributed by atoms with Crippen LogP contribution in [0.15, 0.2) is 24.3 Å². The summed E-state index contributed by atoms with van der Waals surface area (Å²) in [5, 5.41) is 37.9. The van der Waals surface area contributed by atoms with Crippen LogP contribution in [0.3, 0.4) is 0 Å². The number of benzene rings is 1. The summed E-state index contributed by atoms with van der Waals surface area (Å²) >= 11 is 1.39. The van der Waals surface area contributed by atoms with E-state index in [-0.39, 0.29) is 24.1 Å². The second-order valence-corrected chi connectivity index (χ2v) is 10.7. The maximum Gasteiger partial charge on any atom is 0.405 e. The minimum atomic E-state index is -4.46. The van der Waals surface area contributed by atoms with Gasteiger partial charge < -0.3 is 26.0 Å². The van der Waals surface area contributed by atoms with Gasteiger partial charge in [-0.2, -0.15) is 18.2 Å². The van der Waals surface area contributed by atoms with Crippen molar-refractivity contribution in [3.63, 3.8) is 0 Å². The van der Waals surface area contributed by atoms with Gasteiger partial charge in [0.15, 0.2) is 0 Å². The highest BCUT2D eigenvalue weighted by Gasteiger charge is 2.45. The first-order valence-electron chi connectivity index (χ1n) is 11.8. The molecule has 0 amide bonds. The highest BCUT2D eigenvalue weighted by molar-refractivity contribution is 7.21. The Morgan fingerprint density at radius 1 is 1.11 bits per heavy atom. The Kier molecular flexibility index (Phi) is 7.69. The number of hydrogen-bond acceptors (Lipinski definition) is 9. The monoisotopic (exact) mass is 525 g/mol. The molecular formula is C24H30F3N5O3S. The highest BCUT2D eigenvalue weighted by atomic mass is 32.1. The standard InChI is InChI=1S/C24H30F3N5O3S/c1-11(2)8-16(33)13-9-15(20(35)19(13)34)30-21-18(22-31-14-6-4-5-7-17(14)36-22)12(3)29-23(32-21)28-10-24(25,26)27/h4-7,11,13,15-16,19-20,33-35H,8-10H2,1-3H3,(H2,28,29,30,32). The molecule has 0 radical (unpaired) electrons. The summed E-state index contributed by atoms with van der Waals surface area (Å²) in [6.07, 6.45) is -6.90. The number of aromatic nitrogens is 3. The van der Waals surface area contributed by atoms with Gasteiger partial charge in [-0.3, -0.25) is 0 Å². The van der Waals surface area contributed by atoms with Crippen molar-refractivity contribution in [2.24, 2.45) is 11.8 Å². The molecule has 1 fully saturated rings. The van der Waals surface area contributed by atoms with Crippen molar-refractivity contribution in [1.82, 2.24) is 15.0 Å². The van der Waals surface area contributed by atoms with E-state index in [4.69, 9.17) is 0 Å². The predicted octanol–water partition coefficient (Wildman–Crippen LogP) is 3.97. The Morgan fingerprint density at radius 3 is 2.50 bits per heavy atom. The van der Waals surface area contributed by atoms with Gasteiger partial charge in [0.05, 0.1) is 39.7 Å². The van der Waals surface area contributed by atoms with Crippen molar-refractivity contribution >= 4 is 33.3 Å². The number of hydrogen-bond donors (Lipinski definition) is 5. The molecule has 196 valence electrons. The molecule has 0 spiro atoms. The SMILES string of the molecule is Cc1nc(NCC(F)(F)F)nc(NC2CC(C(O)CC(C)C)C(O)C2O)c1-c1nc2ccccc2s1. The highest BCUT2D eigenvalue weighted by Crippen LogP contribution is 2.39. The smallest absolute Gasteiger partial charge is 0.393 e. The van der Waals surface area contributed by atoms with Gasteiger partial charge in [-0.25, -0.2) is 9.97 Å². The fourth-order valence-corrected chi connectivity index (χ4v) is 5.66. The van der Waals surface area contributed by atoms with Crippen LogP contribution < -0.4 is 10.6 Å². The third kappa shape index (κ3) is 5.88. The first kappa shape index (κ1) is 26.5. The summed E-state index contributed by atoms with van der Waals surface area (Å²) in [5.74, 6) is -0.381. The Hall–Kier alpha value is -2.54. The first-order valence-corrected chi connectivity index (χ1v) is 12.6. The summed E-state index contributed by atoms with van der Waals surface area (Å²) in [5.41, 5.74) is 1.66. The number of anilines is 2. The van der Waals surface area contributed by atoms with Gasteiger partial charge in [0, 0.05) is 5.92 Å². The van der Waals surface area contributed by atoms with Crippen LogP contribution in [0.5, 0.6) is 0 Å². The number of aliphatic hydroxyl groups is 3. The molecule has 12 heteroatoms. The lowest BCUT2D eigenvalue weighted by atomic mass is 9.91. The molecule has 5 unspecified atom stereocenters. The van der Waals surface area contributed by atoms with Gasteiger partial charge in [0.25, 0.3) is 0 Å². The second kappa shape index (κ2) is 10.4. The van der Waals surface area contributed by atoms with E-state index >= 15 is 0 Å². The van der Waals surface area contributed by atoms with Gasteiger partial charge in [-0.05, 0) is 37.8 Å². The average molecular weight is 526 g/mol. The number of nitrogens with zero attached hydrogens (tertiary/aromatic N) is 3. The predicted molar refractivity (Wildman–Crippen MR) is 133 cm³/mol. The van der Waals surface area contributed by atoms with Crippen LogP contribution in [0.25, 0.3) is 20.8 Å². The Balaban J connectivity index is 1.69. The van der Waals surface area contributed by atoms with Crippen LogP contribution in [0, 0.1) is 18.8 Å². The van der Waals surface area contributed by atoms with Gasteiger partial charge in [-0.15, -0.1) is 11.3 Å². The number of nitrogens with one attached hydrogen (secondary N) is 2. The lowest BCUT2D eigenvalue weighted by molar-refractivity contribution is -0.115. The molecule has 5 N–H and O–H groups in total. The molecule has 0 saturated heterocycles. The zero-order valence-electron chi connectivity index (χ0n) is 20.1. The van der Waals surface area contributed by atoms with Crippen molar-refractivity contribution in [2.75, 3.05) is 17.2 Å². The summed E-state index contributed by atoms with van der Waals surface area (Å²) in [6, 6.07) is 6.82. The summed E-state index contributed by atoms with van der Waals surface area (Å²) in [4.78, 5) is 13.2. The van der Waals surface area contributed by atoms with Gasteiger partial charge in [0.1, 0.15) is 23.5 Å². The van der Waals surface area contributed by atoms with E-state index in [0.29, 0.717) is 22.7 Å². The molecule has 2 heterocycles. The topological polar surface area (TPSA) is 123 Å². The minimum Gasteiger partial charge on any atom is -0.393 e. The zero-order valence-corrected chi connectivity index (χ0v) is 20.9. The van der Waals surface area contributed by atoms with E-state index in [1.807, 2.05) is 38.1 Å². The molecule has 36 heavy (non-hydrogen) atoms.